The molecule has 6 nitrogen and oxygen atoms in total. The van der Waals surface area contributed by atoms with Gasteiger partial charge in [0.15, 0.2) is 5.96 Å². The number of hydrogen-bond acceptors (Lipinski definition) is 3. The predicted molar refractivity (Wildman–Crippen MR) is 111 cm³/mol. The number of sulfonamides is 1. The monoisotopic (exact) mass is 468 g/mol. The lowest BCUT2D eigenvalue weighted by Gasteiger charge is -2.24. The molecule has 0 saturated heterocycles. The molecule has 24 heavy (non-hydrogen) atoms. The summed E-state index contributed by atoms with van der Waals surface area (Å²) in [5.74, 6) is 0.659. The molecular formula is C16H29IN4O2S. The van der Waals surface area contributed by atoms with Crippen molar-refractivity contribution >= 4 is 40.0 Å². The Labute approximate surface area is 163 Å². The van der Waals surface area contributed by atoms with Gasteiger partial charge in [-0.3, -0.25) is 4.99 Å². The minimum Gasteiger partial charge on any atom is -0.357 e. The topological polar surface area (TPSA) is 82.6 Å². The van der Waals surface area contributed by atoms with Gasteiger partial charge in [0.2, 0.25) is 10.0 Å². The van der Waals surface area contributed by atoms with Gasteiger partial charge in [0.25, 0.3) is 0 Å². The minimum atomic E-state index is -3.27. The first kappa shape index (κ1) is 23.1. The van der Waals surface area contributed by atoms with Crippen LogP contribution in [0.25, 0.3) is 0 Å². The van der Waals surface area contributed by atoms with Crippen LogP contribution in [0.1, 0.15) is 39.3 Å². The van der Waals surface area contributed by atoms with Gasteiger partial charge in [0.05, 0.1) is 18.8 Å². The number of nitrogens with zero attached hydrogens (tertiary/aromatic N) is 1. The first-order chi connectivity index (χ1) is 10.6. The van der Waals surface area contributed by atoms with Crippen LogP contribution in [-0.4, -0.2) is 39.3 Å². The summed E-state index contributed by atoms with van der Waals surface area (Å²) in [6, 6.07) is 10.2. The van der Waals surface area contributed by atoms with E-state index in [2.05, 4.69) is 39.4 Å². The second-order valence-electron chi connectivity index (χ2n) is 6.23. The van der Waals surface area contributed by atoms with Gasteiger partial charge in [-0.25, -0.2) is 13.1 Å². The van der Waals surface area contributed by atoms with E-state index in [4.69, 9.17) is 0 Å². The Kier molecular flexibility index (Phi) is 9.83. The van der Waals surface area contributed by atoms with Crippen LogP contribution in [0.5, 0.6) is 0 Å². The SMILES string of the molecule is CCNC(=NCC(C)(C)NS(C)(=O)=O)NC(C)c1ccccc1.I. The summed E-state index contributed by atoms with van der Waals surface area (Å²) in [4.78, 5) is 4.50. The average molecular weight is 468 g/mol. The maximum absolute atomic E-state index is 11.4. The fraction of sp³-hybridized carbons (Fsp3) is 0.562. The Balaban J connectivity index is 0.00000529. The summed E-state index contributed by atoms with van der Waals surface area (Å²) in [5.41, 5.74) is 0.512. The summed E-state index contributed by atoms with van der Waals surface area (Å²) in [6.07, 6.45) is 1.15. The third kappa shape index (κ3) is 9.43. The molecule has 1 aromatic rings. The molecule has 3 N–H and O–H groups in total. The van der Waals surface area contributed by atoms with E-state index in [1.807, 2.05) is 39.0 Å². The van der Waals surface area contributed by atoms with E-state index in [-0.39, 0.29) is 30.0 Å². The van der Waals surface area contributed by atoms with Gasteiger partial charge in [-0.2, -0.15) is 0 Å². The van der Waals surface area contributed by atoms with Crippen LogP contribution in [0, 0.1) is 0 Å². The highest BCUT2D eigenvalue weighted by Gasteiger charge is 2.22. The fourth-order valence-electron chi connectivity index (χ4n) is 2.16. The molecule has 0 heterocycles. The molecule has 0 bridgehead atoms. The van der Waals surface area contributed by atoms with Crippen molar-refractivity contribution in [2.24, 2.45) is 4.99 Å². The van der Waals surface area contributed by atoms with E-state index in [1.165, 1.54) is 0 Å². The lowest BCUT2D eigenvalue weighted by atomic mass is 10.1. The van der Waals surface area contributed by atoms with Crippen molar-refractivity contribution in [3.8, 4) is 0 Å². The second-order valence-corrected chi connectivity index (χ2v) is 7.98. The zero-order chi connectivity index (χ0) is 17.5. The maximum Gasteiger partial charge on any atom is 0.209 e. The summed E-state index contributed by atoms with van der Waals surface area (Å²) < 4.78 is 25.4. The van der Waals surface area contributed by atoms with Crippen LogP contribution >= 0.6 is 24.0 Å². The second kappa shape index (κ2) is 10.2. The van der Waals surface area contributed by atoms with Crippen LogP contribution in [0.15, 0.2) is 35.3 Å². The van der Waals surface area contributed by atoms with Crippen LogP contribution in [-0.2, 0) is 10.0 Å². The van der Waals surface area contributed by atoms with E-state index >= 15 is 0 Å². The Morgan fingerprint density at radius 3 is 2.33 bits per heavy atom. The molecule has 138 valence electrons. The van der Waals surface area contributed by atoms with Gasteiger partial charge in [0, 0.05) is 12.1 Å². The van der Waals surface area contributed by atoms with Crippen molar-refractivity contribution in [2.75, 3.05) is 19.3 Å². The summed E-state index contributed by atoms with van der Waals surface area (Å²) in [7, 11) is -3.27. The highest BCUT2D eigenvalue weighted by molar-refractivity contribution is 14.0. The van der Waals surface area contributed by atoms with Gasteiger partial charge < -0.3 is 10.6 Å². The fourth-order valence-corrected chi connectivity index (χ4v) is 3.23. The lowest BCUT2D eigenvalue weighted by Crippen LogP contribution is -2.47. The Hall–Kier alpha value is -0.870. The van der Waals surface area contributed by atoms with Crippen molar-refractivity contribution in [1.29, 1.82) is 0 Å². The Morgan fingerprint density at radius 1 is 1.25 bits per heavy atom. The van der Waals surface area contributed by atoms with E-state index < -0.39 is 15.6 Å². The quantitative estimate of drug-likeness (QED) is 0.326. The zero-order valence-corrected chi connectivity index (χ0v) is 18.1. The molecule has 0 spiro atoms. The molecule has 0 aliphatic heterocycles. The van der Waals surface area contributed by atoms with Crippen molar-refractivity contribution in [1.82, 2.24) is 15.4 Å². The highest BCUT2D eigenvalue weighted by atomic mass is 127. The normalized spacial score (nSPS) is 13.8. The number of rotatable bonds is 7. The summed E-state index contributed by atoms with van der Waals surface area (Å²) in [6.45, 7) is 8.72. The Bertz CT molecular complexity index is 618. The van der Waals surface area contributed by atoms with Crippen LogP contribution < -0.4 is 15.4 Å². The van der Waals surface area contributed by atoms with Gasteiger partial charge in [-0.15, -0.1) is 24.0 Å². The van der Waals surface area contributed by atoms with Crippen molar-refractivity contribution in [3.05, 3.63) is 35.9 Å². The molecular weight excluding hydrogens is 439 g/mol. The van der Waals surface area contributed by atoms with Gasteiger partial charge in [-0.05, 0) is 33.3 Å². The molecule has 0 saturated carbocycles. The predicted octanol–water partition coefficient (Wildman–Crippen LogP) is 2.25. The van der Waals surface area contributed by atoms with Gasteiger partial charge >= 0.3 is 0 Å². The standard InChI is InChI=1S/C16H28N4O2S.HI/c1-6-17-15(18-12-16(3,4)20-23(5,21)22)19-13(2)14-10-8-7-9-11-14;/h7-11,13,20H,6,12H2,1-5H3,(H2,17,18,19);1H. The first-order valence-electron chi connectivity index (χ1n) is 7.72. The van der Waals surface area contributed by atoms with Crippen molar-refractivity contribution in [2.45, 2.75) is 39.3 Å². The van der Waals surface area contributed by atoms with Gasteiger partial charge in [0.1, 0.15) is 0 Å². The van der Waals surface area contributed by atoms with Crippen molar-refractivity contribution in [3.63, 3.8) is 0 Å². The van der Waals surface area contributed by atoms with E-state index in [1.54, 1.807) is 0 Å². The molecule has 0 aromatic heterocycles. The lowest BCUT2D eigenvalue weighted by molar-refractivity contribution is 0.464. The molecule has 1 rings (SSSR count). The Morgan fingerprint density at radius 2 is 1.83 bits per heavy atom. The first-order valence-corrected chi connectivity index (χ1v) is 9.61. The number of halogens is 1. The van der Waals surface area contributed by atoms with Crippen molar-refractivity contribution < 1.29 is 8.42 Å². The number of nitrogens with one attached hydrogen (secondary N) is 3. The number of hydrogen-bond donors (Lipinski definition) is 3. The number of benzene rings is 1. The highest BCUT2D eigenvalue weighted by Crippen LogP contribution is 2.11. The van der Waals surface area contributed by atoms with E-state index in [0.717, 1.165) is 18.4 Å². The minimum absolute atomic E-state index is 0. The summed E-state index contributed by atoms with van der Waals surface area (Å²) in [5, 5.41) is 6.51. The molecule has 1 unspecified atom stereocenters. The average Bonchev–Trinajstić information content (AvgIpc) is 2.43. The molecule has 8 heteroatoms. The third-order valence-electron chi connectivity index (χ3n) is 3.09. The molecule has 0 fully saturated rings. The van der Waals surface area contributed by atoms with Crippen LogP contribution in [0.4, 0.5) is 0 Å². The molecule has 0 radical (unpaired) electrons. The smallest absolute Gasteiger partial charge is 0.209 e. The summed E-state index contributed by atoms with van der Waals surface area (Å²) >= 11 is 0. The molecule has 1 atom stereocenters. The molecule has 1 aromatic carbocycles. The number of aliphatic imine (C=N–C) groups is 1. The maximum atomic E-state index is 11.4. The number of guanidine groups is 1. The molecule has 0 aliphatic carbocycles. The molecule has 0 aliphatic rings. The largest absolute Gasteiger partial charge is 0.357 e. The zero-order valence-electron chi connectivity index (χ0n) is 15.0. The van der Waals surface area contributed by atoms with Crippen LogP contribution in [0.2, 0.25) is 0 Å². The van der Waals surface area contributed by atoms with E-state index in [9.17, 15) is 8.42 Å². The van der Waals surface area contributed by atoms with Gasteiger partial charge in [-0.1, -0.05) is 30.3 Å². The molecule has 0 amide bonds. The van der Waals surface area contributed by atoms with E-state index in [0.29, 0.717) is 12.5 Å². The van der Waals surface area contributed by atoms with Crippen LogP contribution in [0.3, 0.4) is 0 Å². The third-order valence-corrected chi connectivity index (χ3v) is 4.01.